The molecule has 0 aliphatic carbocycles. The molecule has 10 rings (SSSR count). The number of ether oxygens (including phenoxy) is 1. The summed E-state index contributed by atoms with van der Waals surface area (Å²) < 4.78 is 8.49. The van der Waals surface area contributed by atoms with Crippen LogP contribution < -0.4 is 15.4 Å². The smallest absolute Gasteiger partial charge is 0.239 e. The van der Waals surface area contributed by atoms with E-state index in [1.165, 1.54) is 0 Å². The van der Waals surface area contributed by atoms with Gasteiger partial charge in [0.05, 0.1) is 39.4 Å². The lowest BCUT2D eigenvalue weighted by Gasteiger charge is -2.56. The number of aromatic nitrogens is 5. The van der Waals surface area contributed by atoms with Gasteiger partial charge in [0.2, 0.25) is 17.7 Å². The number of carbonyl (C=O) groups is 2. The fourth-order valence-corrected chi connectivity index (χ4v) is 9.46. The van der Waals surface area contributed by atoms with Crippen molar-refractivity contribution in [1.82, 2.24) is 44.9 Å². The van der Waals surface area contributed by atoms with Crippen molar-refractivity contribution in [2.45, 2.75) is 69.5 Å². The second kappa shape index (κ2) is 11.7. The van der Waals surface area contributed by atoms with Gasteiger partial charge in [-0.15, -0.1) is 0 Å². The highest BCUT2D eigenvalue weighted by molar-refractivity contribution is 6.39. The minimum atomic E-state index is -0.364. The summed E-state index contributed by atoms with van der Waals surface area (Å²) in [4.78, 5) is 48.0. The Bertz CT molecular complexity index is 2340. The van der Waals surface area contributed by atoms with Crippen LogP contribution in [0, 0.1) is 0 Å². The first-order chi connectivity index (χ1) is 25.2. The molecule has 0 radical (unpaired) electrons. The van der Waals surface area contributed by atoms with E-state index in [9.17, 15) is 9.59 Å². The first kappa shape index (κ1) is 32.1. The van der Waals surface area contributed by atoms with E-state index in [1.54, 1.807) is 12.4 Å². The van der Waals surface area contributed by atoms with E-state index in [2.05, 4.69) is 38.1 Å². The molecule has 2 atom stereocenters. The van der Waals surface area contributed by atoms with Crippen LogP contribution in [-0.2, 0) is 29.2 Å². The standard InChI is InChI=1S/C38H35Cl2N9O3/c1-2-48-16-21(15-47-18-37(19-47)11-9-29(50)45-37)33-34(48)43-26(14-42-33)24-7-3-5-22(31(24)39)23-6-4-8-25(32(23)40)27-13-41-28-17-49-20-38(12-10-30(51)46-38)36(49)52-35(28)44-27/h3-8,13-14,16,36H,2,9-12,15,17-20H2,1H3,(H,45,50)(H,46,51). The molecule has 264 valence electrons. The number of likely N-dealkylation sites (tertiary alicyclic amines) is 1. The van der Waals surface area contributed by atoms with E-state index in [0.717, 1.165) is 84.7 Å². The summed E-state index contributed by atoms with van der Waals surface area (Å²) in [5, 5.41) is 7.30. The van der Waals surface area contributed by atoms with E-state index in [4.69, 9.17) is 47.9 Å². The molecule has 2 unspecified atom stereocenters. The van der Waals surface area contributed by atoms with E-state index in [0.29, 0.717) is 52.3 Å². The third-order valence-corrected chi connectivity index (χ3v) is 12.2. The first-order valence-corrected chi connectivity index (χ1v) is 18.5. The molecule has 5 aromatic rings. The number of aryl methyl sites for hydroxylation is 1. The highest BCUT2D eigenvalue weighted by atomic mass is 35.5. The molecule has 2 N–H and O–H groups in total. The highest BCUT2D eigenvalue weighted by Crippen LogP contribution is 2.45. The molecule has 2 spiro atoms. The monoisotopic (exact) mass is 735 g/mol. The van der Waals surface area contributed by atoms with Crippen molar-refractivity contribution in [3.63, 3.8) is 0 Å². The Hall–Kier alpha value is -4.62. The molecule has 2 aromatic carbocycles. The van der Waals surface area contributed by atoms with Crippen LogP contribution in [0.15, 0.2) is 55.0 Å². The van der Waals surface area contributed by atoms with Gasteiger partial charge in [0.15, 0.2) is 11.9 Å². The summed E-state index contributed by atoms with van der Waals surface area (Å²) in [5.74, 6) is 0.676. The molecular weight excluding hydrogens is 701 g/mol. The van der Waals surface area contributed by atoms with E-state index in [-0.39, 0.29) is 29.1 Å². The normalized spacial score (nSPS) is 23.2. The van der Waals surface area contributed by atoms with Gasteiger partial charge in [0.1, 0.15) is 16.7 Å². The third kappa shape index (κ3) is 4.95. The Labute approximate surface area is 309 Å². The second-order valence-electron chi connectivity index (χ2n) is 14.8. The van der Waals surface area contributed by atoms with Crippen LogP contribution in [0.5, 0.6) is 5.88 Å². The number of rotatable bonds is 6. The molecule has 0 bridgehead atoms. The minimum Gasteiger partial charge on any atom is -0.454 e. The van der Waals surface area contributed by atoms with Crippen LogP contribution in [0.1, 0.15) is 43.9 Å². The molecule has 8 heterocycles. The Kier molecular flexibility index (Phi) is 7.21. The number of nitrogens with one attached hydrogen (secondary N) is 2. The van der Waals surface area contributed by atoms with Crippen LogP contribution in [0.2, 0.25) is 10.0 Å². The summed E-state index contributed by atoms with van der Waals surface area (Å²) in [6.45, 7) is 6.65. The Balaban J connectivity index is 0.935. The molecule has 2 amide bonds. The fraction of sp³-hybridized carbons (Fsp3) is 0.368. The predicted molar refractivity (Wildman–Crippen MR) is 195 cm³/mol. The topological polar surface area (TPSA) is 130 Å². The maximum absolute atomic E-state index is 12.0. The number of nitrogens with zero attached hydrogens (tertiary/aromatic N) is 7. The third-order valence-electron chi connectivity index (χ3n) is 11.4. The average Bonchev–Trinajstić information content (AvgIpc) is 3.83. The lowest BCUT2D eigenvalue weighted by atomic mass is 9.84. The number of hydrogen-bond acceptors (Lipinski definition) is 9. The lowest BCUT2D eigenvalue weighted by Crippen LogP contribution is -2.76. The molecule has 4 fully saturated rings. The van der Waals surface area contributed by atoms with Crippen molar-refractivity contribution in [2.24, 2.45) is 0 Å². The molecule has 5 aliphatic heterocycles. The van der Waals surface area contributed by atoms with Gasteiger partial charge in [0, 0.05) is 86.1 Å². The number of halogens is 2. The Morgan fingerprint density at radius 1 is 0.865 bits per heavy atom. The highest BCUT2D eigenvalue weighted by Gasteiger charge is 2.59. The van der Waals surface area contributed by atoms with Gasteiger partial charge in [0.25, 0.3) is 0 Å². The van der Waals surface area contributed by atoms with Crippen molar-refractivity contribution in [3.8, 4) is 39.5 Å². The number of amides is 2. The Morgan fingerprint density at radius 3 is 2.21 bits per heavy atom. The molecule has 14 heteroatoms. The zero-order chi connectivity index (χ0) is 35.4. The summed E-state index contributed by atoms with van der Waals surface area (Å²) in [7, 11) is 0. The minimum absolute atomic E-state index is 0.0612. The number of benzene rings is 2. The largest absolute Gasteiger partial charge is 0.454 e. The average molecular weight is 737 g/mol. The van der Waals surface area contributed by atoms with Crippen molar-refractivity contribution >= 4 is 46.2 Å². The summed E-state index contributed by atoms with van der Waals surface area (Å²) in [6, 6.07) is 11.6. The predicted octanol–water partition coefficient (Wildman–Crippen LogP) is 5.20. The SMILES string of the molecule is CCn1cc(CN2CC3(CCC(=O)N3)C2)c2ncc(-c3cccc(-c4cccc(-c5cnc6c(n5)OC5N(C6)CC56CCC(=O)N6)c4Cl)c3Cl)nc21. The number of carbonyl (C=O) groups excluding carboxylic acids is 2. The van der Waals surface area contributed by atoms with Crippen molar-refractivity contribution in [2.75, 3.05) is 19.6 Å². The van der Waals surface area contributed by atoms with Gasteiger partial charge in [-0.2, -0.15) is 0 Å². The van der Waals surface area contributed by atoms with Crippen molar-refractivity contribution in [3.05, 3.63) is 76.3 Å². The summed E-state index contributed by atoms with van der Waals surface area (Å²) in [5.41, 5.74) is 7.35. The molecule has 3 aromatic heterocycles. The molecule has 5 aliphatic rings. The van der Waals surface area contributed by atoms with Crippen molar-refractivity contribution < 1.29 is 14.3 Å². The molecule has 12 nitrogen and oxygen atoms in total. The van der Waals surface area contributed by atoms with Crippen LogP contribution in [0.25, 0.3) is 44.8 Å². The van der Waals surface area contributed by atoms with Gasteiger partial charge in [-0.1, -0.05) is 59.6 Å². The maximum Gasteiger partial charge on any atom is 0.239 e. The fourth-order valence-electron chi connectivity index (χ4n) is 8.81. The Morgan fingerprint density at radius 2 is 1.54 bits per heavy atom. The van der Waals surface area contributed by atoms with Crippen LogP contribution in [-0.4, -0.2) is 83.1 Å². The molecule has 4 saturated heterocycles. The van der Waals surface area contributed by atoms with Gasteiger partial charge < -0.3 is 19.9 Å². The second-order valence-corrected chi connectivity index (χ2v) is 15.5. The van der Waals surface area contributed by atoms with Gasteiger partial charge in [-0.05, 0) is 19.8 Å². The van der Waals surface area contributed by atoms with Gasteiger partial charge >= 0.3 is 0 Å². The van der Waals surface area contributed by atoms with Gasteiger partial charge in [-0.3, -0.25) is 29.4 Å². The quantitative estimate of drug-likeness (QED) is 0.242. The number of fused-ring (bicyclic) bond motifs is 4. The number of hydrogen-bond donors (Lipinski definition) is 2. The van der Waals surface area contributed by atoms with Crippen LogP contribution in [0.4, 0.5) is 0 Å². The zero-order valence-corrected chi connectivity index (χ0v) is 30.0. The van der Waals surface area contributed by atoms with E-state index in [1.807, 2.05) is 36.4 Å². The molecule has 0 saturated carbocycles. The summed E-state index contributed by atoms with van der Waals surface area (Å²) in [6.07, 6.45) is 8.16. The summed E-state index contributed by atoms with van der Waals surface area (Å²) >= 11 is 14.3. The zero-order valence-electron chi connectivity index (χ0n) is 28.5. The van der Waals surface area contributed by atoms with Crippen molar-refractivity contribution in [1.29, 1.82) is 0 Å². The van der Waals surface area contributed by atoms with Gasteiger partial charge in [-0.25, -0.2) is 9.97 Å². The molecular formula is C38H35Cl2N9O3. The first-order valence-electron chi connectivity index (χ1n) is 17.8. The van der Waals surface area contributed by atoms with Crippen LogP contribution >= 0.6 is 23.2 Å². The lowest BCUT2D eigenvalue weighted by molar-refractivity contribution is -0.160. The van der Waals surface area contributed by atoms with E-state index < -0.39 is 0 Å². The molecule has 52 heavy (non-hydrogen) atoms. The van der Waals surface area contributed by atoms with E-state index >= 15 is 0 Å². The maximum atomic E-state index is 12.0. The van der Waals surface area contributed by atoms with Crippen LogP contribution in [0.3, 0.4) is 0 Å².